The van der Waals surface area contributed by atoms with Gasteiger partial charge in [-0.1, -0.05) is 36.3 Å². The summed E-state index contributed by atoms with van der Waals surface area (Å²) in [6, 6.07) is 14.8. The minimum absolute atomic E-state index is 0.145. The lowest BCUT2D eigenvalue weighted by Crippen LogP contribution is -2.19. The molecule has 124 valence electrons. The Morgan fingerprint density at radius 1 is 1.28 bits per heavy atom. The van der Waals surface area contributed by atoms with E-state index < -0.39 is 0 Å². The van der Waals surface area contributed by atoms with Crippen molar-refractivity contribution in [3.8, 4) is 18.1 Å². The highest BCUT2D eigenvalue weighted by Gasteiger charge is 2.08. The van der Waals surface area contributed by atoms with Crippen molar-refractivity contribution in [3.05, 3.63) is 70.0 Å². The number of nitrogens with two attached hydrogens (primary N) is 1. The van der Waals surface area contributed by atoms with Crippen LogP contribution in [0.1, 0.15) is 11.1 Å². The topological polar surface area (TPSA) is 69.6 Å². The number of hydrogen-bond donors (Lipinski definition) is 1. The van der Waals surface area contributed by atoms with E-state index >= 15 is 0 Å². The molecule has 0 saturated heterocycles. The molecule has 2 aromatic carbocycles. The van der Waals surface area contributed by atoms with Gasteiger partial charge >= 0.3 is 0 Å². The van der Waals surface area contributed by atoms with Gasteiger partial charge in [0, 0.05) is 11.6 Å². The second-order valence-corrected chi connectivity index (χ2v) is 5.54. The Hall–Kier alpha value is -3.52. The van der Waals surface area contributed by atoms with E-state index in [1.54, 1.807) is 12.3 Å². The van der Waals surface area contributed by atoms with E-state index in [2.05, 4.69) is 11.0 Å². The van der Waals surface area contributed by atoms with Crippen molar-refractivity contribution in [2.45, 2.75) is 6.92 Å². The van der Waals surface area contributed by atoms with E-state index in [-0.39, 0.29) is 18.0 Å². The first-order valence-corrected chi connectivity index (χ1v) is 7.71. The Bertz CT molecular complexity index is 1060. The minimum Gasteiger partial charge on any atom is -0.480 e. The summed E-state index contributed by atoms with van der Waals surface area (Å²) in [5, 5.41) is 6.23. The smallest absolute Gasteiger partial charge is 0.273 e. The maximum Gasteiger partial charge on any atom is 0.273 e. The monoisotopic (exact) mass is 331 g/mol. The van der Waals surface area contributed by atoms with Crippen molar-refractivity contribution < 1.29 is 4.74 Å². The van der Waals surface area contributed by atoms with Gasteiger partial charge in [-0.15, -0.1) is 6.42 Å². The Kier molecular flexibility index (Phi) is 4.53. The van der Waals surface area contributed by atoms with Gasteiger partial charge in [0.2, 0.25) is 0 Å². The van der Waals surface area contributed by atoms with E-state index in [0.717, 1.165) is 26.6 Å². The van der Waals surface area contributed by atoms with Gasteiger partial charge in [-0.05, 0) is 35.4 Å². The van der Waals surface area contributed by atoms with Crippen LogP contribution in [0, 0.1) is 19.3 Å². The number of anilines is 1. The van der Waals surface area contributed by atoms with Crippen LogP contribution in [0.15, 0.2) is 58.4 Å². The first-order chi connectivity index (χ1) is 12.1. The summed E-state index contributed by atoms with van der Waals surface area (Å²) in [5.74, 6) is 3.32. The van der Waals surface area contributed by atoms with Gasteiger partial charge in [-0.25, -0.2) is 0 Å². The molecule has 0 fully saturated rings. The van der Waals surface area contributed by atoms with Crippen LogP contribution in [0.3, 0.4) is 0 Å². The van der Waals surface area contributed by atoms with Gasteiger partial charge in [-0.3, -0.25) is 4.79 Å². The summed E-state index contributed by atoms with van der Waals surface area (Å²) in [7, 11) is 0. The molecule has 0 aliphatic heterocycles. The van der Waals surface area contributed by atoms with Crippen LogP contribution in [0.5, 0.6) is 5.75 Å². The zero-order valence-corrected chi connectivity index (χ0v) is 13.8. The quantitative estimate of drug-likeness (QED) is 0.590. The van der Waals surface area contributed by atoms with Gasteiger partial charge in [0.1, 0.15) is 18.2 Å². The largest absolute Gasteiger partial charge is 0.480 e. The maximum atomic E-state index is 12.1. The van der Waals surface area contributed by atoms with Crippen molar-refractivity contribution in [1.29, 1.82) is 0 Å². The number of aryl methyl sites for hydroxylation is 1. The van der Waals surface area contributed by atoms with Gasteiger partial charge in [-0.2, -0.15) is 9.78 Å². The molecule has 0 radical (unpaired) electrons. The zero-order valence-electron chi connectivity index (χ0n) is 13.8. The fraction of sp³-hybridized carbons (Fsp3) is 0.100. The normalized spacial score (nSPS) is 10.9. The summed E-state index contributed by atoms with van der Waals surface area (Å²) in [6.45, 7) is 1.95. The number of pyridine rings is 1. The van der Waals surface area contributed by atoms with E-state index in [1.165, 1.54) is 6.07 Å². The van der Waals surface area contributed by atoms with Crippen LogP contribution >= 0.6 is 0 Å². The predicted octanol–water partition coefficient (Wildman–Crippen LogP) is 2.79. The van der Waals surface area contributed by atoms with Crippen molar-refractivity contribution in [3.63, 3.8) is 0 Å². The van der Waals surface area contributed by atoms with Crippen molar-refractivity contribution in [1.82, 2.24) is 4.68 Å². The van der Waals surface area contributed by atoms with Crippen LogP contribution in [-0.4, -0.2) is 17.5 Å². The summed E-state index contributed by atoms with van der Waals surface area (Å²) in [5.41, 5.74) is 7.14. The SMILES string of the molecule is C#CCOc1ccc2ccccc2c1/C=N\n1c(N)cc(C)cc1=O. The average Bonchev–Trinajstić information content (AvgIpc) is 2.59. The number of aromatic nitrogens is 1. The Labute approximate surface area is 145 Å². The summed E-state index contributed by atoms with van der Waals surface area (Å²) in [6.07, 6.45) is 6.86. The molecule has 0 aliphatic carbocycles. The first kappa shape index (κ1) is 16.3. The zero-order chi connectivity index (χ0) is 17.8. The van der Waals surface area contributed by atoms with E-state index in [1.807, 2.05) is 43.3 Å². The molecule has 0 atom stereocenters. The van der Waals surface area contributed by atoms with Gasteiger partial charge in [0.15, 0.2) is 0 Å². The highest BCUT2D eigenvalue weighted by Crippen LogP contribution is 2.26. The fourth-order valence-electron chi connectivity index (χ4n) is 2.61. The molecule has 3 aromatic rings. The summed E-state index contributed by atoms with van der Waals surface area (Å²) >= 11 is 0. The van der Waals surface area contributed by atoms with Crippen LogP contribution in [-0.2, 0) is 0 Å². The third kappa shape index (κ3) is 3.38. The van der Waals surface area contributed by atoms with Gasteiger partial charge in [0.25, 0.3) is 5.56 Å². The highest BCUT2D eigenvalue weighted by molar-refractivity contribution is 6.02. The predicted molar refractivity (Wildman–Crippen MR) is 101 cm³/mol. The summed E-state index contributed by atoms with van der Waals surface area (Å²) < 4.78 is 6.77. The van der Waals surface area contributed by atoms with E-state index in [0.29, 0.717) is 5.75 Å². The summed E-state index contributed by atoms with van der Waals surface area (Å²) in [4.78, 5) is 12.1. The van der Waals surface area contributed by atoms with Gasteiger partial charge < -0.3 is 10.5 Å². The standard InChI is InChI=1S/C20H17N3O2/c1-3-10-25-18-9-8-15-6-4-5-7-16(15)17(18)13-22-23-19(21)11-14(2)12-20(23)24/h1,4-9,11-13H,10,21H2,2H3/b22-13-. The Morgan fingerprint density at radius 2 is 2.08 bits per heavy atom. The molecule has 5 heteroatoms. The third-order valence-corrected chi connectivity index (χ3v) is 3.72. The van der Waals surface area contributed by atoms with Crippen LogP contribution in [0.2, 0.25) is 0 Å². The molecule has 1 heterocycles. The van der Waals surface area contributed by atoms with Gasteiger partial charge in [0.05, 0.1) is 6.21 Å². The van der Waals surface area contributed by atoms with Crippen LogP contribution < -0.4 is 16.0 Å². The molecule has 1 aromatic heterocycles. The number of terminal acetylenes is 1. The number of nitrogen functional groups attached to an aromatic ring is 1. The number of rotatable bonds is 4. The third-order valence-electron chi connectivity index (χ3n) is 3.72. The lowest BCUT2D eigenvalue weighted by atomic mass is 10.0. The van der Waals surface area contributed by atoms with Crippen molar-refractivity contribution in [2.24, 2.45) is 5.10 Å². The lowest BCUT2D eigenvalue weighted by Gasteiger charge is -2.10. The molecule has 0 spiro atoms. The molecule has 5 nitrogen and oxygen atoms in total. The van der Waals surface area contributed by atoms with Crippen molar-refractivity contribution >= 4 is 22.8 Å². The molecule has 0 bridgehead atoms. The van der Waals surface area contributed by atoms with Crippen LogP contribution in [0.25, 0.3) is 10.8 Å². The molecule has 25 heavy (non-hydrogen) atoms. The number of hydrogen-bond acceptors (Lipinski definition) is 4. The molecular weight excluding hydrogens is 314 g/mol. The van der Waals surface area contributed by atoms with Crippen molar-refractivity contribution in [2.75, 3.05) is 12.3 Å². The second-order valence-electron chi connectivity index (χ2n) is 5.54. The first-order valence-electron chi connectivity index (χ1n) is 7.71. The number of fused-ring (bicyclic) bond motifs is 1. The molecule has 2 N–H and O–H groups in total. The number of ether oxygens (including phenoxy) is 1. The maximum absolute atomic E-state index is 12.1. The molecule has 0 unspecified atom stereocenters. The second kappa shape index (κ2) is 6.93. The molecule has 3 rings (SSSR count). The molecule has 0 aliphatic rings. The highest BCUT2D eigenvalue weighted by atomic mass is 16.5. The molecule has 0 saturated carbocycles. The number of nitrogens with zero attached hydrogens (tertiary/aromatic N) is 2. The molecule has 0 amide bonds. The molecular formula is C20H17N3O2. The van der Waals surface area contributed by atoms with E-state index in [9.17, 15) is 4.79 Å². The number of benzene rings is 2. The van der Waals surface area contributed by atoms with Crippen LogP contribution in [0.4, 0.5) is 5.82 Å². The average molecular weight is 331 g/mol. The Balaban J connectivity index is 2.14. The Morgan fingerprint density at radius 3 is 2.84 bits per heavy atom. The minimum atomic E-state index is -0.292. The fourth-order valence-corrected chi connectivity index (χ4v) is 2.61. The van der Waals surface area contributed by atoms with E-state index in [4.69, 9.17) is 16.9 Å². The lowest BCUT2D eigenvalue weighted by molar-refractivity contribution is 0.370.